The van der Waals surface area contributed by atoms with E-state index in [2.05, 4.69) is 22.1 Å². The van der Waals surface area contributed by atoms with Gasteiger partial charge in [-0.15, -0.1) is 0 Å². The van der Waals surface area contributed by atoms with Crippen LogP contribution in [-0.2, 0) is 6.54 Å². The minimum absolute atomic E-state index is 0. The molecule has 1 saturated carbocycles. The third-order valence-electron chi connectivity index (χ3n) is 5.10. The zero-order chi connectivity index (χ0) is 16.0. The van der Waals surface area contributed by atoms with Gasteiger partial charge in [-0.25, -0.2) is 4.98 Å². The van der Waals surface area contributed by atoms with Crippen molar-refractivity contribution in [3.63, 3.8) is 0 Å². The monoisotopic (exact) mass is 318 g/mol. The van der Waals surface area contributed by atoms with Crippen LogP contribution in [0.25, 0.3) is 0 Å². The number of pyridine rings is 1. The Morgan fingerprint density at radius 3 is 2.71 bits per heavy atom. The third-order valence-corrected chi connectivity index (χ3v) is 5.10. The number of aromatic carboxylic acids is 1. The number of carboxylic acid groups (broad SMARTS) is 1. The fourth-order valence-electron chi connectivity index (χ4n) is 3.37. The molecule has 0 radical (unpaired) electrons. The number of aromatic nitrogens is 3. The fourth-order valence-corrected chi connectivity index (χ4v) is 3.37. The molecule has 0 atom stereocenters. The van der Waals surface area contributed by atoms with Gasteiger partial charge in [-0.3, -0.25) is 4.68 Å². The van der Waals surface area contributed by atoms with Crippen LogP contribution in [0.3, 0.4) is 0 Å². The first-order valence-electron chi connectivity index (χ1n) is 8.00. The quantitative estimate of drug-likeness (QED) is 0.609. The Labute approximate surface area is 153 Å². The van der Waals surface area contributed by atoms with Crippen molar-refractivity contribution >= 4 is 11.8 Å². The minimum atomic E-state index is -1.20. The van der Waals surface area contributed by atoms with Crippen molar-refractivity contribution in [2.45, 2.75) is 32.7 Å². The summed E-state index contributed by atoms with van der Waals surface area (Å²) in [5.41, 5.74) is 2.69. The molecule has 0 N–H and O–H groups in total. The fraction of sp³-hybridized carbons (Fsp3) is 0.471. The second kappa shape index (κ2) is 6.27. The van der Waals surface area contributed by atoms with Gasteiger partial charge in [-0.1, -0.05) is 6.07 Å². The summed E-state index contributed by atoms with van der Waals surface area (Å²) < 4.78 is 1.60. The number of carboxylic acids is 1. The molecular formula is C17H19LiN4O2. The molecule has 2 aromatic heterocycles. The van der Waals surface area contributed by atoms with Crippen LogP contribution in [0.1, 0.15) is 40.9 Å². The molecule has 24 heavy (non-hydrogen) atoms. The number of carbonyl (C=O) groups excluding carboxylic acids is 1. The normalized spacial score (nSPS) is 17.8. The number of nitrogens with zero attached hydrogens (tertiary/aromatic N) is 4. The van der Waals surface area contributed by atoms with Gasteiger partial charge >= 0.3 is 18.9 Å². The average Bonchev–Trinajstić information content (AvgIpc) is 2.94. The largest absolute Gasteiger partial charge is 1.00 e. The SMILES string of the molecule is Cc1nc(N2CCC3(CC3)C2)ccc1Cn1cc(C(=O)[O-])cn1.[Li+]. The van der Waals surface area contributed by atoms with Gasteiger partial charge < -0.3 is 14.8 Å². The predicted molar refractivity (Wildman–Crippen MR) is 83.1 cm³/mol. The molecule has 120 valence electrons. The molecule has 2 fully saturated rings. The van der Waals surface area contributed by atoms with Crippen LogP contribution in [0.15, 0.2) is 24.5 Å². The van der Waals surface area contributed by atoms with Crippen molar-refractivity contribution < 1.29 is 28.8 Å². The molecule has 0 unspecified atom stereocenters. The van der Waals surface area contributed by atoms with E-state index in [0.29, 0.717) is 12.0 Å². The van der Waals surface area contributed by atoms with Crippen molar-refractivity contribution in [2.75, 3.05) is 18.0 Å². The molecule has 0 aromatic carbocycles. The first-order valence-corrected chi connectivity index (χ1v) is 8.00. The molecule has 0 amide bonds. The molecule has 6 nitrogen and oxygen atoms in total. The summed E-state index contributed by atoms with van der Waals surface area (Å²) in [6.07, 6.45) is 6.81. The zero-order valence-corrected chi connectivity index (χ0v) is 14.2. The van der Waals surface area contributed by atoms with E-state index < -0.39 is 5.97 Å². The maximum absolute atomic E-state index is 10.8. The third kappa shape index (κ3) is 3.22. The topological polar surface area (TPSA) is 74.1 Å². The summed E-state index contributed by atoms with van der Waals surface area (Å²) in [6.45, 7) is 4.73. The number of carbonyl (C=O) groups is 1. The van der Waals surface area contributed by atoms with Gasteiger partial charge in [-0.2, -0.15) is 5.10 Å². The van der Waals surface area contributed by atoms with E-state index in [0.717, 1.165) is 30.2 Å². The van der Waals surface area contributed by atoms with E-state index in [1.807, 2.05) is 6.92 Å². The first kappa shape index (κ1) is 17.1. The van der Waals surface area contributed by atoms with Crippen molar-refractivity contribution in [3.05, 3.63) is 41.3 Å². The first-order chi connectivity index (χ1) is 11.0. The van der Waals surface area contributed by atoms with E-state index in [-0.39, 0.29) is 24.4 Å². The molecule has 2 aliphatic rings. The number of anilines is 1. The van der Waals surface area contributed by atoms with Crippen molar-refractivity contribution in [3.8, 4) is 0 Å². The van der Waals surface area contributed by atoms with Gasteiger partial charge in [0, 0.05) is 30.5 Å². The second-order valence-electron chi connectivity index (χ2n) is 6.80. The average molecular weight is 318 g/mol. The molecule has 1 aliphatic carbocycles. The Hall–Kier alpha value is -1.77. The standard InChI is InChI=1S/C17H20N4O2.Li/c1-12-13(9-21-10-14(8-18-21)16(22)23)2-3-15(19-12)20-7-6-17(11-20)4-5-17;/h2-3,8,10H,4-7,9,11H2,1H3,(H,22,23);/q;+1/p-1. The Bertz CT molecular complexity index is 770. The van der Waals surface area contributed by atoms with Gasteiger partial charge in [0.05, 0.1) is 18.7 Å². The molecule has 4 rings (SSSR count). The van der Waals surface area contributed by atoms with Gasteiger partial charge in [0.1, 0.15) is 5.82 Å². The summed E-state index contributed by atoms with van der Waals surface area (Å²) in [4.78, 5) is 17.9. The van der Waals surface area contributed by atoms with E-state index in [1.165, 1.54) is 31.7 Å². The van der Waals surface area contributed by atoms with Crippen LogP contribution in [0, 0.1) is 12.3 Å². The van der Waals surface area contributed by atoms with Crippen LogP contribution in [0.4, 0.5) is 5.82 Å². The summed E-state index contributed by atoms with van der Waals surface area (Å²) in [6, 6.07) is 4.13. The van der Waals surface area contributed by atoms with Crippen LogP contribution >= 0.6 is 0 Å². The Morgan fingerprint density at radius 1 is 1.33 bits per heavy atom. The van der Waals surface area contributed by atoms with Gasteiger partial charge in [-0.05, 0) is 43.2 Å². The Morgan fingerprint density at radius 2 is 2.12 bits per heavy atom. The van der Waals surface area contributed by atoms with Gasteiger partial charge in [0.25, 0.3) is 0 Å². The van der Waals surface area contributed by atoms with Crippen LogP contribution < -0.4 is 28.9 Å². The Balaban J connectivity index is 0.00000169. The van der Waals surface area contributed by atoms with E-state index in [4.69, 9.17) is 4.98 Å². The van der Waals surface area contributed by atoms with Crippen molar-refractivity contribution in [1.82, 2.24) is 14.8 Å². The summed E-state index contributed by atoms with van der Waals surface area (Å²) in [7, 11) is 0. The van der Waals surface area contributed by atoms with Gasteiger partial charge in [0.15, 0.2) is 0 Å². The second-order valence-corrected chi connectivity index (χ2v) is 6.80. The number of rotatable bonds is 4. The minimum Gasteiger partial charge on any atom is -0.545 e. The number of hydrogen-bond acceptors (Lipinski definition) is 5. The van der Waals surface area contributed by atoms with Crippen molar-refractivity contribution in [2.24, 2.45) is 5.41 Å². The van der Waals surface area contributed by atoms with Crippen LogP contribution in [0.5, 0.6) is 0 Å². The molecule has 3 heterocycles. The van der Waals surface area contributed by atoms with Crippen LogP contribution in [0.2, 0.25) is 0 Å². The summed E-state index contributed by atoms with van der Waals surface area (Å²) >= 11 is 0. The van der Waals surface area contributed by atoms with E-state index >= 15 is 0 Å². The number of hydrogen-bond donors (Lipinski definition) is 0. The molecule has 1 aliphatic heterocycles. The summed E-state index contributed by atoms with van der Waals surface area (Å²) in [5, 5.41) is 14.9. The van der Waals surface area contributed by atoms with Crippen molar-refractivity contribution in [1.29, 1.82) is 0 Å². The molecular weight excluding hydrogens is 299 g/mol. The summed E-state index contributed by atoms with van der Waals surface area (Å²) in [5.74, 6) is -0.157. The predicted octanol–water partition coefficient (Wildman–Crippen LogP) is -2.01. The molecule has 7 heteroatoms. The molecule has 2 aromatic rings. The van der Waals surface area contributed by atoms with Gasteiger partial charge in [0.2, 0.25) is 0 Å². The maximum Gasteiger partial charge on any atom is 1.00 e. The molecule has 1 spiro atoms. The smallest absolute Gasteiger partial charge is 0.545 e. The molecule has 0 bridgehead atoms. The molecule has 1 saturated heterocycles. The Kier molecular flexibility index (Phi) is 4.46. The van der Waals surface area contributed by atoms with E-state index in [9.17, 15) is 9.90 Å². The maximum atomic E-state index is 10.8. The van der Waals surface area contributed by atoms with Crippen LogP contribution in [-0.4, -0.2) is 33.8 Å². The zero-order valence-electron chi connectivity index (χ0n) is 14.2. The number of aryl methyl sites for hydroxylation is 1. The van der Waals surface area contributed by atoms with E-state index in [1.54, 1.807) is 4.68 Å².